The second kappa shape index (κ2) is 8.86. The molecule has 0 atom stereocenters. The van der Waals surface area contributed by atoms with Crippen molar-refractivity contribution in [1.29, 1.82) is 0 Å². The first-order valence-electron chi connectivity index (χ1n) is 9.27. The minimum absolute atomic E-state index is 0.106. The van der Waals surface area contributed by atoms with Crippen molar-refractivity contribution in [2.24, 2.45) is 5.10 Å². The largest absolute Gasteiger partial charge is 0.299 e. The molecule has 30 heavy (non-hydrogen) atoms. The van der Waals surface area contributed by atoms with Crippen LogP contribution in [0.4, 0.5) is 11.4 Å². The second-order valence-electron chi connectivity index (χ2n) is 6.40. The van der Waals surface area contributed by atoms with Gasteiger partial charge in [0.1, 0.15) is 0 Å². The Balaban J connectivity index is 1.76. The van der Waals surface area contributed by atoms with Crippen LogP contribution >= 0.6 is 11.6 Å². The van der Waals surface area contributed by atoms with Gasteiger partial charge in [-0.2, -0.15) is 9.41 Å². The summed E-state index contributed by atoms with van der Waals surface area (Å²) in [7, 11) is -3.53. The fourth-order valence-corrected chi connectivity index (χ4v) is 4.56. The summed E-state index contributed by atoms with van der Waals surface area (Å²) in [6, 6.07) is 13.0. The molecule has 0 aromatic heterocycles. The fraction of sp³-hybridized carbons (Fsp3) is 0.200. The third-order valence-electron chi connectivity index (χ3n) is 4.50. The van der Waals surface area contributed by atoms with Crippen LogP contribution in [-0.2, 0) is 14.8 Å². The smallest absolute Gasteiger partial charge is 0.289 e. The molecule has 1 fully saturated rings. The molecule has 1 amide bonds. The number of nitrogens with one attached hydrogen (secondary N) is 2. The Hall–Kier alpha value is -2.88. The molecule has 1 aliphatic heterocycles. The molecule has 10 heteroatoms. The van der Waals surface area contributed by atoms with Gasteiger partial charge in [-0.1, -0.05) is 38.1 Å². The van der Waals surface area contributed by atoms with Crippen LogP contribution in [0.2, 0.25) is 5.02 Å². The first kappa shape index (κ1) is 21.8. The van der Waals surface area contributed by atoms with Gasteiger partial charge in [0.15, 0.2) is 5.71 Å². The average Bonchev–Trinajstić information content (AvgIpc) is 3.01. The van der Waals surface area contributed by atoms with Crippen molar-refractivity contribution in [2.75, 3.05) is 23.5 Å². The highest BCUT2D eigenvalue weighted by Gasteiger charge is 2.32. The van der Waals surface area contributed by atoms with Crippen molar-refractivity contribution in [2.45, 2.75) is 18.7 Å². The Kier molecular flexibility index (Phi) is 6.45. The lowest BCUT2D eigenvalue weighted by atomic mass is 10.3. The maximum atomic E-state index is 12.7. The predicted octanol–water partition coefficient (Wildman–Crippen LogP) is 3.20. The van der Waals surface area contributed by atoms with Crippen LogP contribution < -0.4 is 15.9 Å². The normalized spacial score (nSPS) is 15.7. The average molecular weight is 448 g/mol. The Labute approximate surface area is 180 Å². The molecule has 0 unspecified atom stereocenters. The molecular weight excluding hydrogens is 426 g/mol. The Bertz CT molecular complexity index is 1100. The first-order chi connectivity index (χ1) is 14.3. The number of hydrogen-bond acceptors (Lipinski definition) is 6. The van der Waals surface area contributed by atoms with E-state index < -0.39 is 15.9 Å². The van der Waals surface area contributed by atoms with Crippen molar-refractivity contribution in [3.05, 3.63) is 65.8 Å². The number of hydrazone groups is 1. The van der Waals surface area contributed by atoms with E-state index in [2.05, 4.69) is 22.5 Å². The van der Waals surface area contributed by atoms with E-state index in [0.717, 1.165) is 0 Å². The van der Waals surface area contributed by atoms with Crippen LogP contribution in [0.15, 0.2) is 70.8 Å². The highest BCUT2D eigenvalue weighted by atomic mass is 35.5. The summed E-state index contributed by atoms with van der Waals surface area (Å²) < 4.78 is 26.5. The summed E-state index contributed by atoms with van der Waals surface area (Å²) in [5.74, 6) is -0.393. The highest BCUT2D eigenvalue weighted by Crippen LogP contribution is 2.23. The zero-order valence-corrected chi connectivity index (χ0v) is 18.2. The van der Waals surface area contributed by atoms with Gasteiger partial charge in [-0.15, -0.1) is 0 Å². The molecular formula is C20H22ClN5O3S. The zero-order valence-electron chi connectivity index (χ0n) is 16.6. The quantitative estimate of drug-likeness (QED) is 0.635. The maximum Gasteiger partial charge on any atom is 0.299 e. The van der Waals surface area contributed by atoms with Crippen molar-refractivity contribution < 1.29 is 13.2 Å². The monoisotopic (exact) mass is 447 g/mol. The minimum Gasteiger partial charge on any atom is -0.289 e. The topological polar surface area (TPSA) is 94.1 Å². The van der Waals surface area contributed by atoms with Gasteiger partial charge in [0.25, 0.3) is 5.91 Å². The van der Waals surface area contributed by atoms with Gasteiger partial charge in [-0.3, -0.25) is 15.6 Å². The van der Waals surface area contributed by atoms with Crippen LogP contribution in [0.5, 0.6) is 0 Å². The number of carbonyl (C=O) groups excluding carboxylic acids is 1. The maximum absolute atomic E-state index is 12.7. The number of carbonyl (C=O) groups is 1. The number of hydrogen-bond donors (Lipinski definition) is 2. The lowest BCUT2D eigenvalue weighted by Crippen LogP contribution is -2.34. The number of nitrogens with zero attached hydrogens (tertiary/aromatic N) is 3. The van der Waals surface area contributed by atoms with Crippen molar-refractivity contribution in [3.63, 3.8) is 0 Å². The molecule has 0 spiro atoms. The van der Waals surface area contributed by atoms with Crippen LogP contribution in [-0.4, -0.2) is 37.4 Å². The van der Waals surface area contributed by atoms with Crippen LogP contribution in [0, 0.1) is 0 Å². The Morgan fingerprint density at radius 1 is 1.17 bits per heavy atom. The van der Waals surface area contributed by atoms with Crippen molar-refractivity contribution in [3.8, 4) is 0 Å². The number of amides is 1. The SMILES string of the molecule is C=C1NN(c2cccc(Cl)c2)C(=O)/C1=N\Nc1ccc(S(=O)(=O)N(CC)CC)cc1. The van der Waals surface area contributed by atoms with Gasteiger partial charge >= 0.3 is 0 Å². The molecule has 0 saturated carbocycles. The van der Waals surface area contributed by atoms with E-state index in [0.29, 0.717) is 35.2 Å². The van der Waals surface area contributed by atoms with E-state index in [1.165, 1.54) is 21.4 Å². The van der Waals surface area contributed by atoms with Crippen molar-refractivity contribution in [1.82, 2.24) is 9.73 Å². The van der Waals surface area contributed by atoms with E-state index >= 15 is 0 Å². The zero-order chi connectivity index (χ0) is 21.9. The van der Waals surface area contributed by atoms with Crippen molar-refractivity contribution >= 4 is 44.6 Å². The molecule has 1 aliphatic rings. The van der Waals surface area contributed by atoms with E-state index in [4.69, 9.17) is 11.6 Å². The summed E-state index contributed by atoms with van der Waals surface area (Å²) in [4.78, 5) is 12.9. The van der Waals surface area contributed by atoms with Gasteiger partial charge in [-0.25, -0.2) is 13.4 Å². The molecule has 1 saturated heterocycles. The van der Waals surface area contributed by atoms with E-state index in [1.807, 2.05) is 0 Å². The van der Waals surface area contributed by atoms with Crippen LogP contribution in [0.25, 0.3) is 0 Å². The lowest BCUT2D eigenvalue weighted by molar-refractivity contribution is -0.112. The summed E-state index contributed by atoms with van der Waals surface area (Å²) in [5, 5.41) is 5.93. The summed E-state index contributed by atoms with van der Waals surface area (Å²) in [5.41, 5.74) is 7.16. The summed E-state index contributed by atoms with van der Waals surface area (Å²) >= 11 is 5.99. The van der Waals surface area contributed by atoms with Gasteiger partial charge in [-0.05, 0) is 42.5 Å². The highest BCUT2D eigenvalue weighted by molar-refractivity contribution is 7.89. The van der Waals surface area contributed by atoms with Gasteiger partial charge in [0.05, 0.1) is 22.0 Å². The number of sulfonamides is 1. The van der Waals surface area contributed by atoms with Gasteiger partial charge in [0, 0.05) is 18.1 Å². The van der Waals surface area contributed by atoms with E-state index in [1.54, 1.807) is 50.2 Å². The lowest BCUT2D eigenvalue weighted by Gasteiger charge is -2.18. The Morgan fingerprint density at radius 2 is 1.83 bits per heavy atom. The summed E-state index contributed by atoms with van der Waals surface area (Å²) in [6.07, 6.45) is 0. The number of anilines is 2. The van der Waals surface area contributed by atoms with Crippen LogP contribution in [0.1, 0.15) is 13.8 Å². The summed E-state index contributed by atoms with van der Waals surface area (Å²) in [6.45, 7) is 8.19. The first-order valence-corrected chi connectivity index (χ1v) is 11.1. The second-order valence-corrected chi connectivity index (χ2v) is 8.77. The van der Waals surface area contributed by atoms with Gasteiger partial charge in [0.2, 0.25) is 10.0 Å². The number of hydrazine groups is 1. The molecule has 2 N–H and O–H groups in total. The van der Waals surface area contributed by atoms with Gasteiger partial charge < -0.3 is 0 Å². The fourth-order valence-electron chi connectivity index (χ4n) is 2.92. The molecule has 0 aliphatic carbocycles. The third-order valence-corrected chi connectivity index (χ3v) is 6.80. The molecule has 0 radical (unpaired) electrons. The molecule has 2 aromatic rings. The molecule has 8 nitrogen and oxygen atoms in total. The predicted molar refractivity (Wildman–Crippen MR) is 119 cm³/mol. The molecule has 2 aromatic carbocycles. The van der Waals surface area contributed by atoms with E-state index in [-0.39, 0.29) is 10.6 Å². The Morgan fingerprint density at radius 3 is 2.43 bits per heavy atom. The molecule has 158 valence electrons. The number of rotatable bonds is 7. The standard InChI is InChI=1S/C20H22ClN5O3S/c1-4-25(5-2)30(28,29)18-11-9-16(10-12-18)22-23-19-14(3)24-26(20(19)27)17-8-6-7-15(21)13-17/h6-13,22,24H,3-5H2,1-2H3/b23-19-. The number of halogens is 1. The van der Waals surface area contributed by atoms with Crippen LogP contribution in [0.3, 0.4) is 0 Å². The minimum atomic E-state index is -3.53. The third kappa shape index (κ3) is 4.33. The number of benzene rings is 2. The van der Waals surface area contributed by atoms with E-state index in [9.17, 15) is 13.2 Å². The molecule has 0 bridgehead atoms. The molecule has 3 rings (SSSR count). The molecule has 1 heterocycles.